The quantitative estimate of drug-likeness (QED) is 0.720. The van der Waals surface area contributed by atoms with Crippen LogP contribution in [0.15, 0.2) is 53.7 Å². The first-order valence-electron chi connectivity index (χ1n) is 7.86. The molecule has 26 heavy (non-hydrogen) atoms. The van der Waals surface area contributed by atoms with Gasteiger partial charge in [0.1, 0.15) is 17.0 Å². The van der Waals surface area contributed by atoms with E-state index in [4.69, 9.17) is 16.3 Å². The Balaban J connectivity index is 1.80. The number of aromatic nitrogens is 3. The molecular weight excluding hydrogens is 356 g/mol. The second kappa shape index (κ2) is 7.45. The van der Waals surface area contributed by atoms with E-state index in [9.17, 15) is 9.59 Å². The van der Waals surface area contributed by atoms with Gasteiger partial charge in [-0.1, -0.05) is 23.7 Å². The van der Waals surface area contributed by atoms with Crippen molar-refractivity contribution < 1.29 is 9.53 Å². The zero-order chi connectivity index (χ0) is 18.7. The highest BCUT2D eigenvalue weighted by molar-refractivity contribution is 6.30. The SMILES string of the molecule is COc1ccccc1-n1cc([C@@H](C)NC(=O)c2cc(Cl)c[nH]c2=O)cn1. The minimum absolute atomic E-state index is 0.0403. The number of para-hydroxylation sites is 2. The maximum Gasteiger partial charge on any atom is 0.260 e. The van der Waals surface area contributed by atoms with Gasteiger partial charge >= 0.3 is 0 Å². The van der Waals surface area contributed by atoms with Gasteiger partial charge in [-0.05, 0) is 25.1 Å². The Morgan fingerprint density at radius 2 is 2.15 bits per heavy atom. The number of halogens is 1. The molecule has 8 heteroatoms. The summed E-state index contributed by atoms with van der Waals surface area (Å²) in [4.78, 5) is 26.5. The molecule has 0 saturated heterocycles. The van der Waals surface area contributed by atoms with Gasteiger partial charge in [-0.25, -0.2) is 4.68 Å². The van der Waals surface area contributed by atoms with Crippen molar-refractivity contribution in [1.29, 1.82) is 0 Å². The van der Waals surface area contributed by atoms with Crippen molar-refractivity contribution in [2.75, 3.05) is 7.11 Å². The number of pyridine rings is 1. The number of benzene rings is 1. The maximum atomic E-state index is 12.3. The second-order valence-electron chi connectivity index (χ2n) is 5.65. The van der Waals surface area contributed by atoms with Crippen LogP contribution in [0, 0.1) is 0 Å². The monoisotopic (exact) mass is 372 g/mol. The van der Waals surface area contributed by atoms with Crippen LogP contribution in [0.1, 0.15) is 28.9 Å². The average molecular weight is 373 g/mol. The lowest BCUT2D eigenvalue weighted by Crippen LogP contribution is -2.31. The summed E-state index contributed by atoms with van der Waals surface area (Å²) in [5.74, 6) is 0.176. The van der Waals surface area contributed by atoms with Crippen molar-refractivity contribution in [2.24, 2.45) is 0 Å². The molecule has 1 aromatic carbocycles. The van der Waals surface area contributed by atoms with Crippen molar-refractivity contribution in [3.05, 3.63) is 75.4 Å². The molecule has 2 aromatic heterocycles. The number of hydrogen-bond acceptors (Lipinski definition) is 4. The standard InChI is InChI=1S/C18H17ClN4O3/c1-11(22-18(25)14-7-13(19)9-20-17(14)24)12-8-21-23(10-12)15-5-3-4-6-16(15)26-2/h3-11H,1-2H3,(H,20,24)(H,22,25)/t11-/m1/s1. The highest BCUT2D eigenvalue weighted by Crippen LogP contribution is 2.23. The number of H-pyrrole nitrogens is 1. The predicted molar refractivity (Wildman–Crippen MR) is 98.1 cm³/mol. The molecule has 7 nitrogen and oxygen atoms in total. The van der Waals surface area contributed by atoms with E-state index in [1.54, 1.807) is 31.1 Å². The molecule has 0 aliphatic rings. The summed E-state index contributed by atoms with van der Waals surface area (Å²) in [7, 11) is 1.59. The first-order valence-corrected chi connectivity index (χ1v) is 8.24. The van der Waals surface area contributed by atoms with Gasteiger partial charge in [-0.2, -0.15) is 5.10 Å². The second-order valence-corrected chi connectivity index (χ2v) is 6.08. The lowest BCUT2D eigenvalue weighted by Gasteiger charge is -2.12. The van der Waals surface area contributed by atoms with Crippen molar-refractivity contribution in [1.82, 2.24) is 20.1 Å². The smallest absolute Gasteiger partial charge is 0.260 e. The van der Waals surface area contributed by atoms with Gasteiger partial charge in [0.15, 0.2) is 0 Å². The summed E-state index contributed by atoms with van der Waals surface area (Å²) in [5, 5.41) is 7.38. The van der Waals surface area contributed by atoms with Gasteiger partial charge in [0.25, 0.3) is 11.5 Å². The molecule has 3 aromatic rings. The molecule has 0 saturated carbocycles. The molecule has 2 heterocycles. The van der Waals surface area contributed by atoms with Crippen LogP contribution in [0.5, 0.6) is 5.75 Å². The molecule has 0 aliphatic carbocycles. The van der Waals surface area contributed by atoms with Crippen LogP contribution in [0.2, 0.25) is 5.02 Å². The van der Waals surface area contributed by atoms with Crippen molar-refractivity contribution in [3.8, 4) is 11.4 Å². The van der Waals surface area contributed by atoms with Crippen molar-refractivity contribution >= 4 is 17.5 Å². The average Bonchev–Trinajstić information content (AvgIpc) is 3.13. The third-order valence-electron chi connectivity index (χ3n) is 3.89. The van der Waals surface area contributed by atoms with Gasteiger partial charge in [-0.3, -0.25) is 9.59 Å². The van der Waals surface area contributed by atoms with Gasteiger partial charge in [-0.15, -0.1) is 0 Å². The van der Waals surface area contributed by atoms with E-state index in [1.807, 2.05) is 24.3 Å². The Bertz CT molecular complexity index is 996. The third-order valence-corrected chi connectivity index (χ3v) is 4.11. The topological polar surface area (TPSA) is 89.0 Å². The molecule has 0 fully saturated rings. The van der Waals surface area contributed by atoms with Gasteiger partial charge in [0.05, 0.1) is 24.4 Å². The summed E-state index contributed by atoms with van der Waals surface area (Å²) < 4.78 is 7.00. The summed E-state index contributed by atoms with van der Waals surface area (Å²) in [6.07, 6.45) is 4.78. The molecule has 0 radical (unpaired) electrons. The zero-order valence-corrected chi connectivity index (χ0v) is 14.9. The normalized spacial score (nSPS) is 11.8. The minimum Gasteiger partial charge on any atom is -0.494 e. The van der Waals surface area contributed by atoms with Crippen LogP contribution in [0.25, 0.3) is 5.69 Å². The third kappa shape index (κ3) is 3.62. The summed E-state index contributed by atoms with van der Waals surface area (Å²) in [6.45, 7) is 1.81. The van der Waals surface area contributed by atoms with Crippen molar-refractivity contribution in [2.45, 2.75) is 13.0 Å². The van der Waals surface area contributed by atoms with E-state index in [0.29, 0.717) is 5.75 Å². The Morgan fingerprint density at radius 1 is 1.38 bits per heavy atom. The van der Waals surface area contributed by atoms with Crippen molar-refractivity contribution in [3.63, 3.8) is 0 Å². The summed E-state index contributed by atoms with van der Waals surface area (Å²) in [5.41, 5.74) is 1.03. The molecule has 1 amide bonds. The maximum absolute atomic E-state index is 12.3. The number of methoxy groups -OCH3 is 1. The van der Waals surface area contributed by atoms with E-state index >= 15 is 0 Å². The molecule has 0 unspecified atom stereocenters. The number of carbonyl (C=O) groups excluding carboxylic acids is 1. The fourth-order valence-electron chi connectivity index (χ4n) is 2.49. The van der Waals surface area contributed by atoms with Crippen LogP contribution >= 0.6 is 11.6 Å². The van der Waals surface area contributed by atoms with E-state index < -0.39 is 11.5 Å². The lowest BCUT2D eigenvalue weighted by molar-refractivity contribution is 0.0938. The number of nitrogens with one attached hydrogen (secondary N) is 2. The van der Waals surface area contributed by atoms with Crippen LogP contribution < -0.4 is 15.6 Å². The number of nitrogens with zero attached hydrogens (tertiary/aromatic N) is 2. The highest BCUT2D eigenvalue weighted by Gasteiger charge is 2.17. The number of carbonyl (C=O) groups is 1. The lowest BCUT2D eigenvalue weighted by atomic mass is 10.1. The van der Waals surface area contributed by atoms with E-state index in [1.165, 1.54) is 12.3 Å². The summed E-state index contributed by atoms with van der Waals surface area (Å²) >= 11 is 5.84. The predicted octanol–water partition coefficient (Wildman–Crippen LogP) is 2.71. The van der Waals surface area contributed by atoms with E-state index in [2.05, 4.69) is 15.4 Å². The molecule has 0 bridgehead atoms. The Morgan fingerprint density at radius 3 is 2.92 bits per heavy atom. The first kappa shape index (κ1) is 17.8. The Kier molecular flexibility index (Phi) is 5.09. The molecule has 134 valence electrons. The number of hydrogen-bond donors (Lipinski definition) is 2. The van der Waals surface area contributed by atoms with E-state index in [-0.39, 0.29) is 16.6 Å². The van der Waals surface area contributed by atoms with Crippen LogP contribution in [0.3, 0.4) is 0 Å². The summed E-state index contributed by atoms with van der Waals surface area (Å²) in [6, 6.07) is 8.45. The Labute approximate surface area is 154 Å². The van der Waals surface area contributed by atoms with Gasteiger partial charge in [0.2, 0.25) is 0 Å². The molecule has 2 N–H and O–H groups in total. The first-order chi connectivity index (χ1) is 12.5. The fourth-order valence-corrected chi connectivity index (χ4v) is 2.66. The molecule has 0 aliphatic heterocycles. The fraction of sp³-hybridized carbons (Fsp3) is 0.167. The van der Waals surface area contributed by atoms with Crippen LogP contribution in [-0.2, 0) is 0 Å². The highest BCUT2D eigenvalue weighted by atomic mass is 35.5. The van der Waals surface area contributed by atoms with Gasteiger partial charge < -0.3 is 15.0 Å². The van der Waals surface area contributed by atoms with Crippen LogP contribution in [0.4, 0.5) is 0 Å². The molecule has 1 atom stereocenters. The largest absolute Gasteiger partial charge is 0.494 e. The molecular formula is C18H17ClN4O3. The minimum atomic E-state index is -0.508. The number of rotatable bonds is 5. The number of ether oxygens (including phenoxy) is 1. The zero-order valence-electron chi connectivity index (χ0n) is 14.2. The van der Waals surface area contributed by atoms with Gasteiger partial charge in [0, 0.05) is 18.0 Å². The van der Waals surface area contributed by atoms with Crippen LogP contribution in [-0.4, -0.2) is 27.8 Å². The molecule has 3 rings (SSSR count). The molecule has 0 spiro atoms. The Hall–Kier alpha value is -3.06. The number of aromatic amines is 1. The van der Waals surface area contributed by atoms with E-state index in [0.717, 1.165) is 11.3 Å². The number of amides is 1.